The summed E-state index contributed by atoms with van der Waals surface area (Å²) in [6, 6.07) is 12.4. The average Bonchev–Trinajstić information content (AvgIpc) is 3.39. The number of carbonyl (C=O) groups is 3. The van der Waals surface area contributed by atoms with Crippen LogP contribution in [0.25, 0.3) is 0 Å². The number of hydrogen-bond donors (Lipinski definition) is 4. The van der Waals surface area contributed by atoms with Crippen LogP contribution in [0, 0.1) is 0 Å². The van der Waals surface area contributed by atoms with Crippen molar-refractivity contribution in [2.75, 3.05) is 13.6 Å². The average molecular weight is 493 g/mol. The van der Waals surface area contributed by atoms with E-state index in [2.05, 4.69) is 28.1 Å². The van der Waals surface area contributed by atoms with Crippen LogP contribution in [0.2, 0.25) is 0 Å². The van der Waals surface area contributed by atoms with Gasteiger partial charge in [-0.1, -0.05) is 43.3 Å². The Kier molecular flexibility index (Phi) is 8.25. The summed E-state index contributed by atoms with van der Waals surface area (Å²) in [5, 5.41) is 18.8. The molecule has 0 saturated carbocycles. The van der Waals surface area contributed by atoms with Gasteiger partial charge in [-0.25, -0.2) is 0 Å². The van der Waals surface area contributed by atoms with Gasteiger partial charge in [0, 0.05) is 6.54 Å². The van der Waals surface area contributed by atoms with Crippen LogP contribution in [0.4, 0.5) is 0 Å². The van der Waals surface area contributed by atoms with Crippen LogP contribution in [0.3, 0.4) is 0 Å². The van der Waals surface area contributed by atoms with E-state index >= 15 is 0 Å². The summed E-state index contributed by atoms with van der Waals surface area (Å²) in [5.41, 5.74) is 2.97. The SMILES string of the molecule is CC[C@H](NC)C(=O)N[C@H](C(=O)N1CCC[C@H]1C(=O)N[C@@H]1CCCc2ccccc21)c1ccc(O)cc1. The normalized spacial score (nSPS) is 20.8. The maximum atomic E-state index is 13.8. The standard InChI is InChI=1S/C28H36N4O4/c1-3-22(29-2)26(34)31-25(19-13-15-20(33)16-14-19)28(36)32-17-7-12-24(32)27(35)30-23-11-6-9-18-8-4-5-10-21(18)23/h4-5,8,10,13-16,22-25,29,33H,3,6-7,9,11-12,17H2,1-2H3,(H,30,35)(H,31,34)/t22-,23+,24-,25-/m0/s1. The lowest BCUT2D eigenvalue weighted by Gasteiger charge is -2.32. The lowest BCUT2D eigenvalue weighted by atomic mass is 9.87. The van der Waals surface area contributed by atoms with Gasteiger partial charge in [-0.3, -0.25) is 14.4 Å². The first-order valence-electron chi connectivity index (χ1n) is 12.9. The number of nitrogens with one attached hydrogen (secondary N) is 3. The Morgan fingerprint density at radius 3 is 2.53 bits per heavy atom. The maximum absolute atomic E-state index is 13.8. The molecule has 2 aromatic rings. The van der Waals surface area contributed by atoms with Crippen molar-refractivity contribution in [1.29, 1.82) is 0 Å². The highest BCUT2D eigenvalue weighted by atomic mass is 16.3. The summed E-state index contributed by atoms with van der Waals surface area (Å²) in [5.74, 6) is -0.684. The van der Waals surface area contributed by atoms with Crippen LogP contribution < -0.4 is 16.0 Å². The highest BCUT2D eigenvalue weighted by Crippen LogP contribution is 2.31. The Labute approximate surface area is 212 Å². The molecular formula is C28H36N4O4. The smallest absolute Gasteiger partial charge is 0.250 e. The van der Waals surface area contributed by atoms with Crippen molar-refractivity contribution in [3.05, 3.63) is 65.2 Å². The molecule has 1 aliphatic carbocycles. The number of hydrogen-bond acceptors (Lipinski definition) is 5. The van der Waals surface area contributed by atoms with Gasteiger partial charge in [0.25, 0.3) is 0 Å². The van der Waals surface area contributed by atoms with Crippen LogP contribution in [0.1, 0.15) is 67.8 Å². The van der Waals surface area contributed by atoms with Crippen LogP contribution in [-0.4, -0.2) is 53.4 Å². The number of likely N-dealkylation sites (N-methyl/N-ethyl adjacent to an activating group) is 1. The fourth-order valence-corrected chi connectivity index (χ4v) is 5.36. The fourth-order valence-electron chi connectivity index (χ4n) is 5.36. The molecule has 4 N–H and O–H groups in total. The van der Waals surface area contributed by atoms with E-state index < -0.39 is 18.1 Å². The summed E-state index contributed by atoms with van der Waals surface area (Å²) >= 11 is 0. The summed E-state index contributed by atoms with van der Waals surface area (Å²) in [4.78, 5) is 41.7. The highest BCUT2D eigenvalue weighted by Gasteiger charge is 2.39. The van der Waals surface area contributed by atoms with Crippen molar-refractivity contribution in [2.45, 2.75) is 69.6 Å². The van der Waals surface area contributed by atoms with Gasteiger partial charge in [-0.05, 0) is 74.4 Å². The Hall–Kier alpha value is -3.39. The Morgan fingerprint density at radius 2 is 1.81 bits per heavy atom. The van der Waals surface area contributed by atoms with Gasteiger partial charge in [0.1, 0.15) is 17.8 Å². The molecule has 0 spiro atoms. The zero-order chi connectivity index (χ0) is 25.7. The number of nitrogens with zero attached hydrogens (tertiary/aromatic N) is 1. The molecule has 1 heterocycles. The monoisotopic (exact) mass is 492 g/mol. The molecule has 8 nitrogen and oxygen atoms in total. The molecule has 192 valence electrons. The minimum absolute atomic E-state index is 0.0615. The molecule has 4 rings (SSSR count). The number of amides is 3. The minimum atomic E-state index is -0.954. The van der Waals surface area contributed by atoms with Gasteiger partial charge in [-0.15, -0.1) is 0 Å². The topological polar surface area (TPSA) is 111 Å². The van der Waals surface area contributed by atoms with Gasteiger partial charge >= 0.3 is 0 Å². The summed E-state index contributed by atoms with van der Waals surface area (Å²) in [7, 11) is 1.70. The second kappa shape index (κ2) is 11.6. The molecule has 36 heavy (non-hydrogen) atoms. The van der Waals surface area contributed by atoms with E-state index in [-0.39, 0.29) is 29.5 Å². The molecule has 2 aliphatic rings. The number of fused-ring (bicyclic) bond motifs is 1. The summed E-state index contributed by atoms with van der Waals surface area (Å²) in [6.45, 7) is 2.34. The molecule has 1 aliphatic heterocycles. The van der Waals surface area contributed by atoms with Gasteiger partial charge in [-0.2, -0.15) is 0 Å². The van der Waals surface area contributed by atoms with Crippen LogP contribution in [-0.2, 0) is 20.8 Å². The van der Waals surface area contributed by atoms with Crippen molar-refractivity contribution in [2.24, 2.45) is 0 Å². The van der Waals surface area contributed by atoms with E-state index in [9.17, 15) is 19.5 Å². The van der Waals surface area contributed by atoms with Gasteiger partial charge in [0.15, 0.2) is 0 Å². The van der Waals surface area contributed by atoms with Crippen LogP contribution in [0.15, 0.2) is 48.5 Å². The van der Waals surface area contributed by atoms with Crippen molar-refractivity contribution in [1.82, 2.24) is 20.9 Å². The zero-order valence-corrected chi connectivity index (χ0v) is 21.0. The number of aromatic hydroxyl groups is 1. The van der Waals surface area contributed by atoms with E-state index in [0.717, 1.165) is 31.2 Å². The first-order valence-corrected chi connectivity index (χ1v) is 12.9. The third kappa shape index (κ3) is 5.54. The Bertz CT molecular complexity index is 1080. The molecule has 0 unspecified atom stereocenters. The first-order chi connectivity index (χ1) is 17.4. The lowest BCUT2D eigenvalue weighted by Crippen LogP contribution is -2.52. The van der Waals surface area contributed by atoms with E-state index in [1.165, 1.54) is 17.7 Å². The Morgan fingerprint density at radius 1 is 1.06 bits per heavy atom. The van der Waals surface area contributed by atoms with E-state index in [0.29, 0.717) is 24.9 Å². The highest BCUT2D eigenvalue weighted by molar-refractivity contribution is 5.94. The molecular weight excluding hydrogens is 456 g/mol. The maximum Gasteiger partial charge on any atom is 0.250 e. The molecule has 0 bridgehead atoms. The predicted octanol–water partition coefficient (Wildman–Crippen LogP) is 2.73. The summed E-state index contributed by atoms with van der Waals surface area (Å²) < 4.78 is 0. The first kappa shape index (κ1) is 25.7. The van der Waals surface area contributed by atoms with Gasteiger partial charge in [0.05, 0.1) is 12.1 Å². The van der Waals surface area contributed by atoms with Crippen LogP contribution >= 0.6 is 0 Å². The third-order valence-corrected chi connectivity index (χ3v) is 7.36. The van der Waals surface area contributed by atoms with Crippen molar-refractivity contribution >= 4 is 17.7 Å². The second-order valence-electron chi connectivity index (χ2n) is 9.62. The predicted molar refractivity (Wildman–Crippen MR) is 137 cm³/mol. The lowest BCUT2D eigenvalue weighted by molar-refractivity contribution is -0.142. The van der Waals surface area contributed by atoms with Crippen LogP contribution in [0.5, 0.6) is 5.75 Å². The molecule has 0 aromatic heterocycles. The minimum Gasteiger partial charge on any atom is -0.508 e. The number of aryl methyl sites for hydroxylation is 1. The fraction of sp³-hybridized carbons (Fsp3) is 0.464. The largest absolute Gasteiger partial charge is 0.508 e. The van der Waals surface area contributed by atoms with E-state index in [1.807, 2.05) is 19.1 Å². The number of likely N-dealkylation sites (tertiary alicyclic amines) is 1. The van der Waals surface area contributed by atoms with Crippen molar-refractivity contribution in [3.63, 3.8) is 0 Å². The number of carbonyl (C=O) groups excluding carboxylic acids is 3. The van der Waals surface area contributed by atoms with Crippen molar-refractivity contribution in [3.8, 4) is 5.75 Å². The summed E-state index contributed by atoms with van der Waals surface area (Å²) in [6.07, 6.45) is 4.75. The molecule has 3 amide bonds. The Balaban J connectivity index is 1.53. The van der Waals surface area contributed by atoms with Crippen molar-refractivity contribution < 1.29 is 19.5 Å². The van der Waals surface area contributed by atoms with Gasteiger partial charge in [0.2, 0.25) is 17.7 Å². The molecule has 1 saturated heterocycles. The number of phenolic OH excluding ortho intramolecular Hbond substituents is 1. The number of benzene rings is 2. The molecule has 1 fully saturated rings. The second-order valence-corrected chi connectivity index (χ2v) is 9.62. The zero-order valence-electron chi connectivity index (χ0n) is 21.0. The number of rotatable bonds is 8. The quantitative estimate of drug-likeness (QED) is 0.453. The molecule has 4 atom stereocenters. The van der Waals surface area contributed by atoms with E-state index in [1.54, 1.807) is 24.1 Å². The van der Waals surface area contributed by atoms with E-state index in [4.69, 9.17) is 0 Å². The number of phenols is 1. The molecule has 0 radical (unpaired) electrons. The molecule has 8 heteroatoms. The molecule has 2 aromatic carbocycles. The van der Waals surface area contributed by atoms with Gasteiger partial charge < -0.3 is 26.0 Å². The third-order valence-electron chi connectivity index (χ3n) is 7.36.